The van der Waals surface area contributed by atoms with Gasteiger partial charge in [-0.1, -0.05) is 0 Å². The van der Waals surface area contributed by atoms with Crippen molar-refractivity contribution in [2.75, 3.05) is 7.11 Å². The Balaban J connectivity index is 2.05. The van der Waals surface area contributed by atoms with Gasteiger partial charge in [0.2, 0.25) is 0 Å². The molecule has 0 aromatic heterocycles. The van der Waals surface area contributed by atoms with Gasteiger partial charge >= 0.3 is 5.97 Å². The second-order valence-corrected chi connectivity index (χ2v) is 4.16. The molecule has 2 bridgehead atoms. The summed E-state index contributed by atoms with van der Waals surface area (Å²) in [7, 11) is 1.42. The van der Waals surface area contributed by atoms with E-state index in [0.29, 0.717) is 18.1 Å². The van der Waals surface area contributed by atoms with E-state index in [1.807, 2.05) is 0 Å². The molecule has 13 heavy (non-hydrogen) atoms. The second kappa shape index (κ2) is 3.13. The number of methoxy groups -OCH3 is 1. The summed E-state index contributed by atoms with van der Waals surface area (Å²) in [6.45, 7) is 0. The summed E-state index contributed by atoms with van der Waals surface area (Å²) >= 11 is 0. The van der Waals surface area contributed by atoms with Crippen molar-refractivity contribution in [1.29, 1.82) is 0 Å². The summed E-state index contributed by atoms with van der Waals surface area (Å²) in [6, 6.07) is 0. The van der Waals surface area contributed by atoms with Gasteiger partial charge in [0.05, 0.1) is 13.0 Å². The van der Waals surface area contributed by atoms with E-state index in [1.165, 1.54) is 7.11 Å². The quantitative estimate of drug-likeness (QED) is 0.571. The molecular formula is C10H14O3. The van der Waals surface area contributed by atoms with E-state index in [0.717, 1.165) is 19.3 Å². The van der Waals surface area contributed by atoms with Crippen LogP contribution in [0.5, 0.6) is 0 Å². The molecule has 0 spiro atoms. The first kappa shape index (κ1) is 8.73. The summed E-state index contributed by atoms with van der Waals surface area (Å²) in [6.07, 6.45) is 3.28. The average Bonchev–Trinajstić information content (AvgIpc) is 2.39. The van der Waals surface area contributed by atoms with Crippen LogP contribution in [0.1, 0.15) is 25.7 Å². The number of carbonyl (C=O) groups excluding carboxylic acids is 2. The zero-order chi connectivity index (χ0) is 9.42. The summed E-state index contributed by atoms with van der Waals surface area (Å²) in [5.41, 5.74) is 0. The van der Waals surface area contributed by atoms with Crippen molar-refractivity contribution in [3.63, 3.8) is 0 Å². The fraction of sp³-hybridized carbons (Fsp3) is 0.800. The first-order chi connectivity index (χ1) is 6.20. The molecular weight excluding hydrogens is 168 g/mol. The fourth-order valence-electron chi connectivity index (χ4n) is 2.68. The van der Waals surface area contributed by atoms with E-state index in [4.69, 9.17) is 4.74 Å². The first-order valence-corrected chi connectivity index (χ1v) is 4.81. The molecule has 2 aliphatic carbocycles. The standard InChI is InChI=1S/C10H14O3/c1-13-10(12)8-3-6-2-7(5-8)9(11)4-6/h6-8H,2-5H2,1H3. The van der Waals surface area contributed by atoms with Gasteiger partial charge in [-0.3, -0.25) is 9.59 Å². The van der Waals surface area contributed by atoms with E-state index in [9.17, 15) is 9.59 Å². The number of Topliss-reactive ketones (excluding diaryl/α,β-unsaturated/α-hetero) is 1. The molecule has 2 aliphatic rings. The van der Waals surface area contributed by atoms with Gasteiger partial charge in [-0.15, -0.1) is 0 Å². The van der Waals surface area contributed by atoms with Crippen molar-refractivity contribution >= 4 is 11.8 Å². The van der Waals surface area contributed by atoms with Crippen LogP contribution in [0.15, 0.2) is 0 Å². The van der Waals surface area contributed by atoms with E-state index in [1.54, 1.807) is 0 Å². The number of fused-ring (bicyclic) bond motifs is 2. The largest absolute Gasteiger partial charge is 0.469 e. The van der Waals surface area contributed by atoms with Crippen molar-refractivity contribution in [1.82, 2.24) is 0 Å². The first-order valence-electron chi connectivity index (χ1n) is 4.81. The monoisotopic (exact) mass is 182 g/mol. The van der Waals surface area contributed by atoms with Crippen LogP contribution in [-0.4, -0.2) is 18.9 Å². The minimum absolute atomic E-state index is 0.0137. The molecule has 2 saturated carbocycles. The Morgan fingerprint density at radius 2 is 2.15 bits per heavy atom. The smallest absolute Gasteiger partial charge is 0.308 e. The molecule has 3 atom stereocenters. The van der Waals surface area contributed by atoms with Gasteiger partial charge in [-0.05, 0) is 25.2 Å². The molecule has 3 nitrogen and oxygen atoms in total. The van der Waals surface area contributed by atoms with Gasteiger partial charge in [0.25, 0.3) is 0 Å². The summed E-state index contributed by atoms with van der Waals surface area (Å²) in [5, 5.41) is 0. The molecule has 2 fully saturated rings. The molecule has 0 aromatic rings. The van der Waals surface area contributed by atoms with Gasteiger partial charge in [-0.2, -0.15) is 0 Å². The molecule has 0 radical (unpaired) electrons. The third-order valence-electron chi connectivity index (χ3n) is 3.28. The Morgan fingerprint density at radius 3 is 2.77 bits per heavy atom. The highest BCUT2D eigenvalue weighted by atomic mass is 16.5. The number of ketones is 1. The summed E-state index contributed by atoms with van der Waals surface area (Å²) in [5.74, 6) is 0.819. The Labute approximate surface area is 77.4 Å². The molecule has 0 amide bonds. The van der Waals surface area contributed by atoms with Crippen LogP contribution in [-0.2, 0) is 14.3 Å². The maximum absolute atomic E-state index is 11.4. The predicted octanol–water partition coefficient (Wildman–Crippen LogP) is 1.16. The topological polar surface area (TPSA) is 43.4 Å². The zero-order valence-electron chi connectivity index (χ0n) is 7.79. The lowest BCUT2D eigenvalue weighted by molar-refractivity contribution is -0.147. The lowest BCUT2D eigenvalue weighted by Crippen LogP contribution is -2.25. The minimum atomic E-state index is -0.135. The molecule has 2 rings (SSSR count). The maximum Gasteiger partial charge on any atom is 0.308 e. The van der Waals surface area contributed by atoms with Crippen molar-refractivity contribution in [3.8, 4) is 0 Å². The third kappa shape index (κ3) is 1.47. The minimum Gasteiger partial charge on any atom is -0.469 e. The van der Waals surface area contributed by atoms with Gasteiger partial charge in [0.15, 0.2) is 0 Å². The van der Waals surface area contributed by atoms with Crippen molar-refractivity contribution in [2.45, 2.75) is 25.7 Å². The average molecular weight is 182 g/mol. The van der Waals surface area contributed by atoms with E-state index < -0.39 is 0 Å². The third-order valence-corrected chi connectivity index (χ3v) is 3.28. The Hall–Kier alpha value is -0.860. The van der Waals surface area contributed by atoms with Crippen LogP contribution < -0.4 is 0 Å². The van der Waals surface area contributed by atoms with E-state index in [2.05, 4.69) is 0 Å². The zero-order valence-corrected chi connectivity index (χ0v) is 7.79. The Bertz CT molecular complexity index is 247. The number of rotatable bonds is 1. The van der Waals surface area contributed by atoms with Crippen LogP contribution in [0.2, 0.25) is 0 Å². The van der Waals surface area contributed by atoms with Crippen molar-refractivity contribution in [2.24, 2.45) is 17.8 Å². The van der Waals surface area contributed by atoms with E-state index >= 15 is 0 Å². The lowest BCUT2D eigenvalue weighted by Gasteiger charge is -2.24. The number of carbonyl (C=O) groups is 2. The second-order valence-electron chi connectivity index (χ2n) is 4.16. The van der Waals surface area contributed by atoms with Crippen LogP contribution in [0.3, 0.4) is 0 Å². The number of hydrogen-bond donors (Lipinski definition) is 0. The molecule has 3 unspecified atom stereocenters. The van der Waals surface area contributed by atoms with Gasteiger partial charge in [0, 0.05) is 12.3 Å². The molecule has 0 heterocycles. The SMILES string of the molecule is COC(=O)C1CC2CC(=O)C(C2)C1. The highest BCUT2D eigenvalue weighted by Crippen LogP contribution is 2.42. The molecule has 0 N–H and O–H groups in total. The number of ether oxygens (including phenoxy) is 1. The van der Waals surface area contributed by atoms with Crippen molar-refractivity contribution in [3.05, 3.63) is 0 Å². The number of hydrogen-bond acceptors (Lipinski definition) is 3. The van der Waals surface area contributed by atoms with Gasteiger partial charge in [-0.25, -0.2) is 0 Å². The van der Waals surface area contributed by atoms with Crippen LogP contribution >= 0.6 is 0 Å². The van der Waals surface area contributed by atoms with Crippen LogP contribution in [0.25, 0.3) is 0 Å². The Kier molecular flexibility index (Phi) is 2.10. The van der Waals surface area contributed by atoms with Crippen LogP contribution in [0.4, 0.5) is 0 Å². The molecule has 72 valence electrons. The molecule has 0 aromatic carbocycles. The maximum atomic E-state index is 11.4. The van der Waals surface area contributed by atoms with Gasteiger partial charge in [0.1, 0.15) is 5.78 Å². The number of esters is 1. The molecule has 0 saturated heterocycles. The highest BCUT2D eigenvalue weighted by molar-refractivity contribution is 5.85. The fourth-order valence-corrected chi connectivity index (χ4v) is 2.68. The summed E-state index contributed by atoms with van der Waals surface area (Å²) < 4.78 is 4.70. The van der Waals surface area contributed by atoms with Crippen LogP contribution in [0, 0.1) is 17.8 Å². The predicted molar refractivity (Wildman–Crippen MR) is 46.0 cm³/mol. The van der Waals surface area contributed by atoms with Crippen molar-refractivity contribution < 1.29 is 14.3 Å². The molecule has 0 aliphatic heterocycles. The highest BCUT2D eigenvalue weighted by Gasteiger charge is 2.42. The summed E-state index contributed by atoms with van der Waals surface area (Å²) in [4.78, 5) is 22.6. The Morgan fingerprint density at radius 1 is 1.38 bits per heavy atom. The van der Waals surface area contributed by atoms with Gasteiger partial charge < -0.3 is 4.74 Å². The van der Waals surface area contributed by atoms with E-state index in [-0.39, 0.29) is 17.8 Å². The lowest BCUT2D eigenvalue weighted by atomic mass is 9.81. The normalized spacial score (nSPS) is 37.6. The molecule has 3 heteroatoms.